The van der Waals surface area contributed by atoms with Crippen molar-refractivity contribution in [1.29, 1.82) is 0 Å². The lowest BCUT2D eigenvalue weighted by Gasteiger charge is -2.08. The summed E-state index contributed by atoms with van der Waals surface area (Å²) in [7, 11) is 0. The van der Waals surface area contributed by atoms with Crippen molar-refractivity contribution in [1.82, 2.24) is 0 Å². The number of hydrogen-bond donors (Lipinski definition) is 0. The third-order valence-corrected chi connectivity index (χ3v) is 2.00. The maximum absolute atomic E-state index is 12.5. The molecule has 0 amide bonds. The average molecular weight is 132 g/mol. The van der Waals surface area contributed by atoms with Crippen molar-refractivity contribution >= 4 is 0 Å². The van der Waals surface area contributed by atoms with E-state index >= 15 is 0 Å². The highest BCUT2D eigenvalue weighted by Gasteiger charge is 2.36. The van der Waals surface area contributed by atoms with Crippen molar-refractivity contribution in [3.8, 4) is 0 Å². The SMILES string of the molecule is CC1=C(C)C(F)(F)CC1. The van der Waals surface area contributed by atoms with Crippen molar-refractivity contribution in [2.24, 2.45) is 0 Å². The molecule has 0 unspecified atom stereocenters. The third kappa shape index (κ3) is 0.979. The molecule has 0 spiro atoms. The Labute approximate surface area is 53.6 Å². The van der Waals surface area contributed by atoms with Crippen LogP contribution in [0.25, 0.3) is 0 Å². The first-order valence-corrected chi connectivity index (χ1v) is 3.09. The summed E-state index contributed by atoms with van der Waals surface area (Å²) >= 11 is 0. The van der Waals surface area contributed by atoms with Gasteiger partial charge in [0.2, 0.25) is 0 Å². The first kappa shape index (κ1) is 6.72. The van der Waals surface area contributed by atoms with Crippen LogP contribution < -0.4 is 0 Å². The Morgan fingerprint density at radius 3 is 2.00 bits per heavy atom. The summed E-state index contributed by atoms with van der Waals surface area (Å²) in [5, 5.41) is 0. The zero-order valence-corrected chi connectivity index (χ0v) is 5.67. The van der Waals surface area contributed by atoms with Gasteiger partial charge in [0.05, 0.1) is 0 Å². The van der Waals surface area contributed by atoms with Crippen LogP contribution in [0.4, 0.5) is 8.78 Å². The molecule has 0 heterocycles. The second-order valence-electron chi connectivity index (χ2n) is 2.61. The van der Waals surface area contributed by atoms with Gasteiger partial charge in [0.1, 0.15) is 0 Å². The third-order valence-electron chi connectivity index (χ3n) is 2.00. The fraction of sp³-hybridized carbons (Fsp3) is 0.714. The molecule has 0 aromatic carbocycles. The molecule has 0 N–H and O–H groups in total. The topological polar surface area (TPSA) is 0 Å². The molecule has 1 aliphatic rings. The zero-order chi connectivity index (χ0) is 7.07. The minimum atomic E-state index is -2.50. The second-order valence-corrected chi connectivity index (χ2v) is 2.61. The van der Waals surface area contributed by atoms with Gasteiger partial charge in [0.15, 0.2) is 0 Å². The molecule has 52 valence electrons. The largest absolute Gasteiger partial charge is 0.269 e. The molecule has 0 saturated carbocycles. The summed E-state index contributed by atoms with van der Waals surface area (Å²) < 4.78 is 25.1. The van der Waals surface area contributed by atoms with Gasteiger partial charge >= 0.3 is 0 Å². The summed E-state index contributed by atoms with van der Waals surface area (Å²) in [6, 6.07) is 0. The average Bonchev–Trinajstić information content (AvgIpc) is 1.97. The minimum Gasteiger partial charge on any atom is -0.202 e. The lowest BCUT2D eigenvalue weighted by molar-refractivity contribution is 0.0432. The van der Waals surface area contributed by atoms with E-state index in [1.165, 1.54) is 6.92 Å². The van der Waals surface area contributed by atoms with Crippen LogP contribution in [-0.4, -0.2) is 5.92 Å². The lowest BCUT2D eigenvalue weighted by Crippen LogP contribution is -2.11. The van der Waals surface area contributed by atoms with Crippen LogP contribution in [0.1, 0.15) is 26.7 Å². The predicted molar refractivity (Wildman–Crippen MR) is 32.6 cm³/mol. The van der Waals surface area contributed by atoms with Crippen LogP contribution >= 0.6 is 0 Å². The van der Waals surface area contributed by atoms with Crippen LogP contribution in [0.15, 0.2) is 11.1 Å². The van der Waals surface area contributed by atoms with E-state index in [0.717, 1.165) is 5.57 Å². The summed E-state index contributed by atoms with van der Waals surface area (Å²) in [6.45, 7) is 3.29. The van der Waals surface area contributed by atoms with Crippen molar-refractivity contribution in [3.63, 3.8) is 0 Å². The van der Waals surface area contributed by atoms with Crippen LogP contribution in [0.3, 0.4) is 0 Å². The second kappa shape index (κ2) is 1.79. The summed E-state index contributed by atoms with van der Waals surface area (Å²) in [5.74, 6) is -2.50. The number of hydrogen-bond acceptors (Lipinski definition) is 0. The first-order valence-electron chi connectivity index (χ1n) is 3.09. The molecule has 0 aromatic heterocycles. The van der Waals surface area contributed by atoms with Gasteiger partial charge in [-0.1, -0.05) is 5.57 Å². The Balaban J connectivity index is 2.88. The molecule has 0 fully saturated rings. The minimum absolute atomic E-state index is 0.0185. The molecule has 2 heteroatoms. The van der Waals surface area contributed by atoms with E-state index in [-0.39, 0.29) is 12.0 Å². The molecule has 0 aromatic rings. The molecular weight excluding hydrogens is 122 g/mol. The van der Waals surface area contributed by atoms with Crippen molar-refractivity contribution < 1.29 is 8.78 Å². The highest BCUT2D eigenvalue weighted by atomic mass is 19.3. The standard InChI is InChI=1S/C7H10F2/c1-5-3-4-7(8,9)6(5)2/h3-4H2,1-2H3. The summed E-state index contributed by atoms with van der Waals surface area (Å²) in [4.78, 5) is 0. The van der Waals surface area contributed by atoms with Gasteiger partial charge < -0.3 is 0 Å². The Bertz CT molecular complexity index is 156. The molecule has 1 aliphatic carbocycles. The maximum atomic E-state index is 12.5. The molecule has 0 atom stereocenters. The zero-order valence-electron chi connectivity index (χ0n) is 5.67. The Morgan fingerprint density at radius 1 is 1.33 bits per heavy atom. The number of alkyl halides is 2. The highest BCUT2D eigenvalue weighted by molar-refractivity contribution is 5.23. The fourth-order valence-corrected chi connectivity index (χ4v) is 1.03. The van der Waals surface area contributed by atoms with E-state index in [4.69, 9.17) is 0 Å². The van der Waals surface area contributed by atoms with E-state index in [1.807, 2.05) is 0 Å². The highest BCUT2D eigenvalue weighted by Crippen LogP contribution is 2.39. The molecular formula is C7H10F2. The van der Waals surface area contributed by atoms with Crippen molar-refractivity contribution in [3.05, 3.63) is 11.1 Å². The summed E-state index contributed by atoms with van der Waals surface area (Å²) in [5.41, 5.74) is 1.14. The van der Waals surface area contributed by atoms with Gasteiger partial charge in [0, 0.05) is 6.42 Å². The number of rotatable bonds is 0. The fourth-order valence-electron chi connectivity index (χ4n) is 1.03. The van der Waals surface area contributed by atoms with Crippen LogP contribution in [-0.2, 0) is 0 Å². The Morgan fingerprint density at radius 2 is 1.89 bits per heavy atom. The summed E-state index contributed by atoms with van der Waals surface area (Å²) in [6.07, 6.45) is 0.587. The van der Waals surface area contributed by atoms with Gasteiger partial charge in [-0.15, -0.1) is 0 Å². The monoisotopic (exact) mass is 132 g/mol. The van der Waals surface area contributed by atoms with Gasteiger partial charge in [-0.3, -0.25) is 0 Å². The molecule has 0 aliphatic heterocycles. The van der Waals surface area contributed by atoms with E-state index in [0.29, 0.717) is 6.42 Å². The van der Waals surface area contributed by atoms with Gasteiger partial charge in [0.25, 0.3) is 5.92 Å². The van der Waals surface area contributed by atoms with E-state index < -0.39 is 5.92 Å². The molecule has 0 bridgehead atoms. The normalized spacial score (nSPS) is 25.3. The predicted octanol–water partition coefficient (Wildman–Crippen LogP) is 2.75. The maximum Gasteiger partial charge on any atom is 0.269 e. The van der Waals surface area contributed by atoms with Crippen molar-refractivity contribution in [2.75, 3.05) is 0 Å². The van der Waals surface area contributed by atoms with Crippen LogP contribution in [0.2, 0.25) is 0 Å². The molecule has 0 nitrogen and oxygen atoms in total. The Hall–Kier alpha value is -0.400. The lowest BCUT2D eigenvalue weighted by atomic mass is 10.2. The van der Waals surface area contributed by atoms with Gasteiger partial charge in [-0.2, -0.15) is 0 Å². The molecule has 0 radical (unpaired) electrons. The molecule has 0 saturated heterocycles. The van der Waals surface area contributed by atoms with E-state index in [9.17, 15) is 8.78 Å². The van der Waals surface area contributed by atoms with Gasteiger partial charge in [-0.25, -0.2) is 8.78 Å². The number of halogens is 2. The molecule has 1 rings (SSSR count). The van der Waals surface area contributed by atoms with E-state index in [2.05, 4.69) is 0 Å². The molecule has 9 heavy (non-hydrogen) atoms. The van der Waals surface area contributed by atoms with Crippen LogP contribution in [0, 0.1) is 0 Å². The number of allylic oxidation sites excluding steroid dienone is 2. The van der Waals surface area contributed by atoms with Gasteiger partial charge in [-0.05, 0) is 25.8 Å². The van der Waals surface area contributed by atoms with Crippen molar-refractivity contribution in [2.45, 2.75) is 32.6 Å². The smallest absolute Gasteiger partial charge is 0.202 e. The van der Waals surface area contributed by atoms with Crippen LogP contribution in [0.5, 0.6) is 0 Å². The quantitative estimate of drug-likeness (QED) is 0.444. The Kier molecular flexibility index (Phi) is 1.34. The van der Waals surface area contributed by atoms with E-state index in [1.54, 1.807) is 6.92 Å². The first-order chi connectivity index (χ1) is 4.04.